The smallest absolute Gasteiger partial charge is 0.329 e. The molecule has 1 N–H and O–H groups in total. The van der Waals surface area contributed by atoms with E-state index in [1.165, 1.54) is 44.9 Å². The lowest BCUT2D eigenvalue weighted by Crippen LogP contribution is -2.43. The van der Waals surface area contributed by atoms with Gasteiger partial charge < -0.3 is 14.8 Å². The van der Waals surface area contributed by atoms with Crippen molar-refractivity contribution in [2.75, 3.05) is 6.61 Å². The molecule has 7 heteroatoms. The number of esters is 2. The largest absolute Gasteiger partial charge is 0.459 e. The molecule has 2 rings (SSSR count). The second kappa shape index (κ2) is 20.4. The SMILES string of the molecule is CCCCCCCCCCCCCC(=O)N[C@@H](CC(=O)OCC(=O)c1ccccc1)C(=O)OCc1ccccc1. The number of benzene rings is 2. The Balaban J connectivity index is 1.76. The molecule has 0 spiro atoms. The van der Waals surface area contributed by atoms with Gasteiger partial charge in [-0.05, 0) is 12.0 Å². The third kappa shape index (κ3) is 14.6. The summed E-state index contributed by atoms with van der Waals surface area (Å²) in [5, 5.41) is 2.64. The Morgan fingerprint density at radius 3 is 1.85 bits per heavy atom. The Bertz CT molecular complexity index is 1010. The highest BCUT2D eigenvalue weighted by Gasteiger charge is 2.26. The molecular weight excluding hydrogens is 506 g/mol. The van der Waals surface area contributed by atoms with Crippen LogP contribution in [0.5, 0.6) is 0 Å². The lowest BCUT2D eigenvalue weighted by molar-refractivity contribution is -0.154. The van der Waals surface area contributed by atoms with E-state index in [1.54, 1.807) is 30.3 Å². The number of Topliss-reactive ketones (excluding diaryl/α,β-unsaturated/α-hetero) is 1. The second-order valence-electron chi connectivity index (χ2n) is 10.2. The van der Waals surface area contributed by atoms with Crippen LogP contribution in [-0.4, -0.2) is 36.3 Å². The van der Waals surface area contributed by atoms with Gasteiger partial charge in [-0.15, -0.1) is 0 Å². The van der Waals surface area contributed by atoms with Crippen LogP contribution in [0.15, 0.2) is 60.7 Å². The summed E-state index contributed by atoms with van der Waals surface area (Å²) in [6, 6.07) is 16.5. The summed E-state index contributed by atoms with van der Waals surface area (Å²) in [5.74, 6) is -2.15. The Hall–Kier alpha value is -3.48. The number of carbonyl (C=O) groups is 4. The lowest BCUT2D eigenvalue weighted by Gasteiger charge is -2.17. The number of ether oxygens (including phenoxy) is 2. The first-order chi connectivity index (χ1) is 19.5. The molecule has 0 radical (unpaired) electrons. The maximum atomic E-state index is 12.8. The number of hydrogen-bond acceptors (Lipinski definition) is 6. The van der Waals surface area contributed by atoms with Gasteiger partial charge in [0.25, 0.3) is 0 Å². The molecule has 0 fully saturated rings. The number of hydrogen-bond donors (Lipinski definition) is 1. The standard InChI is InChI=1S/C33H45NO6/c1-2-3-4-5-6-7-8-9-10-11-18-23-31(36)34-29(33(38)40-25-27-19-14-12-15-20-27)24-32(37)39-26-30(35)28-21-16-13-17-22-28/h12-17,19-22,29H,2-11,18,23-26H2,1H3,(H,34,36)/t29-/m0/s1. The highest BCUT2D eigenvalue weighted by molar-refractivity contribution is 5.98. The van der Waals surface area contributed by atoms with Crippen molar-refractivity contribution in [3.8, 4) is 0 Å². The average Bonchev–Trinajstić information content (AvgIpc) is 2.98. The monoisotopic (exact) mass is 551 g/mol. The van der Waals surface area contributed by atoms with Crippen LogP contribution in [0.3, 0.4) is 0 Å². The van der Waals surface area contributed by atoms with E-state index in [0.29, 0.717) is 12.0 Å². The van der Waals surface area contributed by atoms with Crippen molar-refractivity contribution in [2.45, 2.75) is 103 Å². The molecule has 1 atom stereocenters. The number of unbranched alkanes of at least 4 members (excludes halogenated alkanes) is 10. The number of carbonyl (C=O) groups excluding carboxylic acids is 4. The zero-order valence-corrected chi connectivity index (χ0v) is 23.9. The molecule has 7 nitrogen and oxygen atoms in total. The summed E-state index contributed by atoms with van der Waals surface area (Å²) in [4.78, 5) is 50.1. The molecule has 0 aliphatic carbocycles. The van der Waals surface area contributed by atoms with Gasteiger partial charge in [0.1, 0.15) is 12.6 Å². The minimum atomic E-state index is -1.19. The van der Waals surface area contributed by atoms with E-state index < -0.39 is 31.0 Å². The van der Waals surface area contributed by atoms with Crippen molar-refractivity contribution >= 4 is 23.6 Å². The van der Waals surface area contributed by atoms with Crippen LogP contribution in [0.25, 0.3) is 0 Å². The number of ketones is 1. The van der Waals surface area contributed by atoms with Crippen molar-refractivity contribution in [3.05, 3.63) is 71.8 Å². The summed E-state index contributed by atoms with van der Waals surface area (Å²) in [6.45, 7) is 1.80. The summed E-state index contributed by atoms with van der Waals surface area (Å²) < 4.78 is 10.5. The van der Waals surface area contributed by atoms with Crippen LogP contribution in [0.2, 0.25) is 0 Å². The number of amides is 1. The van der Waals surface area contributed by atoms with Gasteiger partial charge in [-0.3, -0.25) is 14.4 Å². The Kier molecular flexibility index (Phi) is 16.7. The molecule has 0 heterocycles. The molecule has 0 saturated heterocycles. The Morgan fingerprint density at radius 2 is 1.25 bits per heavy atom. The van der Waals surface area contributed by atoms with Crippen LogP contribution in [0, 0.1) is 0 Å². The number of rotatable bonds is 21. The minimum absolute atomic E-state index is 0.0200. The van der Waals surface area contributed by atoms with Crippen molar-refractivity contribution in [1.29, 1.82) is 0 Å². The maximum Gasteiger partial charge on any atom is 0.329 e. The highest BCUT2D eigenvalue weighted by atomic mass is 16.5. The van der Waals surface area contributed by atoms with E-state index in [1.807, 2.05) is 30.3 Å². The molecule has 0 unspecified atom stereocenters. The topological polar surface area (TPSA) is 98.8 Å². The number of nitrogens with one attached hydrogen (secondary N) is 1. The average molecular weight is 552 g/mol. The maximum absolute atomic E-state index is 12.8. The first kappa shape index (κ1) is 32.7. The van der Waals surface area contributed by atoms with E-state index in [9.17, 15) is 19.2 Å². The first-order valence-electron chi connectivity index (χ1n) is 14.7. The van der Waals surface area contributed by atoms with Crippen LogP contribution in [-0.2, 0) is 30.5 Å². The molecule has 0 aliphatic heterocycles. The van der Waals surface area contributed by atoms with E-state index in [-0.39, 0.29) is 24.7 Å². The van der Waals surface area contributed by atoms with Gasteiger partial charge in [0, 0.05) is 12.0 Å². The van der Waals surface area contributed by atoms with Crippen LogP contribution >= 0.6 is 0 Å². The molecule has 218 valence electrons. The summed E-state index contributed by atoms with van der Waals surface area (Å²) >= 11 is 0. The zero-order chi connectivity index (χ0) is 28.8. The first-order valence-corrected chi connectivity index (χ1v) is 14.7. The zero-order valence-electron chi connectivity index (χ0n) is 23.9. The van der Waals surface area contributed by atoms with Gasteiger partial charge in [-0.2, -0.15) is 0 Å². The third-order valence-corrected chi connectivity index (χ3v) is 6.68. The fourth-order valence-corrected chi connectivity index (χ4v) is 4.32. The third-order valence-electron chi connectivity index (χ3n) is 6.68. The molecule has 1 amide bonds. The van der Waals surface area contributed by atoms with Crippen LogP contribution in [0.1, 0.15) is 106 Å². The van der Waals surface area contributed by atoms with Crippen LogP contribution < -0.4 is 5.32 Å². The van der Waals surface area contributed by atoms with Gasteiger partial charge in [0.2, 0.25) is 5.91 Å². The molecule has 2 aromatic rings. The summed E-state index contributed by atoms with van der Waals surface area (Å²) in [5.41, 5.74) is 1.22. The Labute approximate surface area is 239 Å². The van der Waals surface area contributed by atoms with Crippen LogP contribution in [0.4, 0.5) is 0 Å². The fraction of sp³-hybridized carbons (Fsp3) is 0.515. The summed E-state index contributed by atoms with van der Waals surface area (Å²) in [7, 11) is 0. The van der Waals surface area contributed by atoms with Gasteiger partial charge in [0.05, 0.1) is 6.42 Å². The van der Waals surface area contributed by atoms with Gasteiger partial charge >= 0.3 is 11.9 Å². The predicted octanol–water partition coefficient (Wildman–Crippen LogP) is 6.73. The summed E-state index contributed by atoms with van der Waals surface area (Å²) in [6.07, 6.45) is 12.8. The molecule has 0 aliphatic rings. The molecule has 0 saturated carbocycles. The van der Waals surface area contributed by atoms with Crippen molar-refractivity contribution < 1.29 is 28.7 Å². The second-order valence-corrected chi connectivity index (χ2v) is 10.2. The van der Waals surface area contributed by atoms with Crippen molar-refractivity contribution in [1.82, 2.24) is 5.32 Å². The predicted molar refractivity (Wildman–Crippen MR) is 156 cm³/mol. The fourth-order valence-electron chi connectivity index (χ4n) is 4.32. The van der Waals surface area contributed by atoms with E-state index in [0.717, 1.165) is 24.8 Å². The van der Waals surface area contributed by atoms with Crippen molar-refractivity contribution in [3.63, 3.8) is 0 Å². The van der Waals surface area contributed by atoms with Crippen molar-refractivity contribution in [2.24, 2.45) is 0 Å². The normalized spacial score (nSPS) is 11.4. The van der Waals surface area contributed by atoms with E-state index >= 15 is 0 Å². The quantitative estimate of drug-likeness (QED) is 0.105. The molecule has 0 bridgehead atoms. The molecule has 0 aromatic heterocycles. The van der Waals surface area contributed by atoms with Gasteiger partial charge in [0.15, 0.2) is 12.4 Å². The Morgan fingerprint density at radius 1 is 0.700 bits per heavy atom. The minimum Gasteiger partial charge on any atom is -0.459 e. The van der Waals surface area contributed by atoms with E-state index in [4.69, 9.17) is 9.47 Å². The molecule has 2 aromatic carbocycles. The van der Waals surface area contributed by atoms with Gasteiger partial charge in [-0.1, -0.05) is 132 Å². The highest BCUT2D eigenvalue weighted by Crippen LogP contribution is 2.12. The molecule has 40 heavy (non-hydrogen) atoms. The van der Waals surface area contributed by atoms with Gasteiger partial charge in [-0.25, -0.2) is 4.79 Å². The van der Waals surface area contributed by atoms with E-state index in [2.05, 4.69) is 12.2 Å². The molecular formula is C33H45NO6. The lowest BCUT2D eigenvalue weighted by atomic mass is 10.1.